The number of methoxy groups -OCH3 is 1. The van der Waals surface area contributed by atoms with E-state index in [-0.39, 0.29) is 5.91 Å². The number of carbonyl (C=O) groups is 1. The van der Waals surface area contributed by atoms with Crippen LogP contribution in [0, 0.1) is 0 Å². The van der Waals surface area contributed by atoms with Crippen molar-refractivity contribution in [1.29, 1.82) is 0 Å². The first kappa shape index (κ1) is 15.5. The van der Waals surface area contributed by atoms with Gasteiger partial charge in [-0.05, 0) is 35.9 Å². The van der Waals surface area contributed by atoms with Crippen LogP contribution in [0.1, 0.15) is 15.9 Å². The Kier molecular flexibility index (Phi) is 4.57. The van der Waals surface area contributed by atoms with Crippen molar-refractivity contribution in [1.82, 2.24) is 5.32 Å². The Balaban J connectivity index is 1.71. The first-order valence-electron chi connectivity index (χ1n) is 7.17. The summed E-state index contributed by atoms with van der Waals surface area (Å²) >= 11 is 5.95. The molecule has 2 aromatic carbocycles. The van der Waals surface area contributed by atoms with Crippen LogP contribution in [-0.2, 0) is 6.54 Å². The van der Waals surface area contributed by atoms with Gasteiger partial charge in [0, 0.05) is 11.6 Å². The van der Waals surface area contributed by atoms with Gasteiger partial charge >= 0.3 is 0 Å². The van der Waals surface area contributed by atoms with Gasteiger partial charge < -0.3 is 19.5 Å². The number of halogens is 1. The molecule has 0 unspecified atom stereocenters. The molecule has 0 saturated carbocycles. The molecular weight excluding hydrogens is 318 g/mol. The molecular formula is C17H16ClNO4. The average molecular weight is 334 g/mol. The molecule has 0 aromatic heterocycles. The monoisotopic (exact) mass is 333 g/mol. The summed E-state index contributed by atoms with van der Waals surface area (Å²) in [7, 11) is 1.51. The molecule has 1 heterocycles. The fourth-order valence-corrected chi connectivity index (χ4v) is 2.51. The predicted molar refractivity (Wildman–Crippen MR) is 86.6 cm³/mol. The fraction of sp³-hybridized carbons (Fsp3) is 0.235. The molecule has 1 amide bonds. The number of amides is 1. The van der Waals surface area contributed by atoms with E-state index in [4.69, 9.17) is 25.8 Å². The molecule has 1 aliphatic heterocycles. The van der Waals surface area contributed by atoms with Crippen molar-refractivity contribution in [2.24, 2.45) is 0 Å². The van der Waals surface area contributed by atoms with Crippen molar-refractivity contribution < 1.29 is 19.0 Å². The summed E-state index contributed by atoms with van der Waals surface area (Å²) in [4.78, 5) is 12.3. The topological polar surface area (TPSA) is 56.8 Å². The number of nitrogens with one attached hydrogen (secondary N) is 1. The van der Waals surface area contributed by atoms with E-state index in [0.29, 0.717) is 41.8 Å². The molecule has 0 spiro atoms. The quantitative estimate of drug-likeness (QED) is 0.934. The average Bonchev–Trinajstić information content (AvgIpc) is 2.59. The normalized spacial score (nSPS) is 12.6. The molecule has 6 heteroatoms. The van der Waals surface area contributed by atoms with Crippen LogP contribution in [-0.4, -0.2) is 26.2 Å². The summed E-state index contributed by atoms with van der Waals surface area (Å²) in [5.74, 6) is 1.65. The number of fused-ring (bicyclic) bond motifs is 1. The van der Waals surface area contributed by atoms with Gasteiger partial charge in [-0.3, -0.25) is 4.79 Å². The van der Waals surface area contributed by atoms with Crippen LogP contribution >= 0.6 is 11.6 Å². The van der Waals surface area contributed by atoms with Crippen molar-refractivity contribution in [2.75, 3.05) is 20.3 Å². The lowest BCUT2D eigenvalue weighted by molar-refractivity contribution is 0.0947. The molecule has 0 bridgehead atoms. The Morgan fingerprint density at radius 1 is 1.17 bits per heavy atom. The largest absolute Gasteiger partial charge is 0.496 e. The molecule has 5 nitrogen and oxygen atoms in total. The van der Waals surface area contributed by atoms with Crippen LogP contribution in [0.25, 0.3) is 0 Å². The Morgan fingerprint density at radius 3 is 2.74 bits per heavy atom. The summed E-state index contributed by atoms with van der Waals surface area (Å²) in [6.07, 6.45) is 0. The van der Waals surface area contributed by atoms with E-state index in [9.17, 15) is 4.79 Å². The van der Waals surface area contributed by atoms with Crippen LogP contribution < -0.4 is 19.5 Å². The fourth-order valence-electron chi connectivity index (χ4n) is 2.33. The van der Waals surface area contributed by atoms with E-state index in [1.54, 1.807) is 18.2 Å². The lowest BCUT2D eigenvalue weighted by atomic mass is 10.1. The van der Waals surface area contributed by atoms with E-state index < -0.39 is 0 Å². The highest BCUT2D eigenvalue weighted by Gasteiger charge is 2.14. The molecule has 0 aliphatic carbocycles. The number of benzene rings is 2. The molecule has 0 fully saturated rings. The van der Waals surface area contributed by atoms with Gasteiger partial charge in [-0.1, -0.05) is 17.7 Å². The molecule has 1 N–H and O–H groups in total. The highest BCUT2D eigenvalue weighted by molar-refractivity contribution is 6.31. The molecule has 0 radical (unpaired) electrons. The van der Waals surface area contributed by atoms with Crippen molar-refractivity contribution in [3.8, 4) is 17.2 Å². The van der Waals surface area contributed by atoms with E-state index in [2.05, 4.69) is 5.32 Å². The van der Waals surface area contributed by atoms with Crippen LogP contribution in [0.2, 0.25) is 5.02 Å². The molecule has 2 aromatic rings. The SMILES string of the molecule is COc1ccc(Cl)cc1C(=O)NCc1ccc2c(c1)OCCO2. The zero-order chi connectivity index (χ0) is 16.2. The molecule has 23 heavy (non-hydrogen) atoms. The minimum absolute atomic E-state index is 0.251. The van der Waals surface area contributed by atoms with Gasteiger partial charge in [-0.15, -0.1) is 0 Å². The van der Waals surface area contributed by atoms with E-state index in [1.165, 1.54) is 7.11 Å². The molecule has 0 atom stereocenters. The predicted octanol–water partition coefficient (Wildman–Crippen LogP) is 3.05. The van der Waals surface area contributed by atoms with Gasteiger partial charge in [0.1, 0.15) is 19.0 Å². The van der Waals surface area contributed by atoms with Gasteiger partial charge in [0.2, 0.25) is 0 Å². The molecule has 120 valence electrons. The number of hydrogen-bond acceptors (Lipinski definition) is 4. The standard InChI is InChI=1S/C17H16ClNO4/c1-21-14-5-3-12(18)9-13(14)17(20)19-10-11-2-4-15-16(8-11)23-7-6-22-15/h2-5,8-9H,6-7,10H2,1H3,(H,19,20). The first-order valence-corrected chi connectivity index (χ1v) is 7.55. The van der Waals surface area contributed by atoms with Crippen LogP contribution in [0.5, 0.6) is 17.2 Å². The Hall–Kier alpha value is -2.40. The number of carbonyl (C=O) groups excluding carboxylic acids is 1. The summed E-state index contributed by atoms with van der Waals surface area (Å²) in [6, 6.07) is 10.5. The highest BCUT2D eigenvalue weighted by Crippen LogP contribution is 2.30. The van der Waals surface area contributed by atoms with Crippen LogP contribution in [0.15, 0.2) is 36.4 Å². The number of hydrogen-bond donors (Lipinski definition) is 1. The van der Waals surface area contributed by atoms with Crippen molar-refractivity contribution >= 4 is 17.5 Å². The zero-order valence-corrected chi connectivity index (χ0v) is 13.4. The lowest BCUT2D eigenvalue weighted by Crippen LogP contribution is -2.23. The third-order valence-electron chi connectivity index (χ3n) is 3.47. The van der Waals surface area contributed by atoms with Gasteiger partial charge in [0.15, 0.2) is 11.5 Å². The maximum Gasteiger partial charge on any atom is 0.255 e. The summed E-state index contributed by atoms with van der Waals surface area (Å²) in [6.45, 7) is 1.45. The maximum atomic E-state index is 12.3. The van der Waals surface area contributed by atoms with Crippen molar-refractivity contribution in [2.45, 2.75) is 6.54 Å². The first-order chi connectivity index (χ1) is 11.2. The molecule has 1 aliphatic rings. The Bertz CT molecular complexity index is 733. The van der Waals surface area contributed by atoms with Gasteiger partial charge in [-0.25, -0.2) is 0 Å². The van der Waals surface area contributed by atoms with Crippen LogP contribution in [0.3, 0.4) is 0 Å². The second-order valence-corrected chi connectivity index (χ2v) is 5.44. The second kappa shape index (κ2) is 6.79. The number of ether oxygens (including phenoxy) is 3. The second-order valence-electron chi connectivity index (χ2n) is 5.01. The minimum Gasteiger partial charge on any atom is -0.496 e. The van der Waals surface area contributed by atoms with Crippen LogP contribution in [0.4, 0.5) is 0 Å². The highest BCUT2D eigenvalue weighted by atomic mass is 35.5. The zero-order valence-electron chi connectivity index (χ0n) is 12.6. The summed E-state index contributed by atoms with van der Waals surface area (Å²) in [5, 5.41) is 3.33. The van der Waals surface area contributed by atoms with E-state index in [1.807, 2.05) is 18.2 Å². The third kappa shape index (κ3) is 3.51. The van der Waals surface area contributed by atoms with Crippen molar-refractivity contribution in [3.05, 3.63) is 52.5 Å². The maximum absolute atomic E-state index is 12.3. The van der Waals surface area contributed by atoms with Gasteiger partial charge in [-0.2, -0.15) is 0 Å². The van der Waals surface area contributed by atoms with Gasteiger partial charge in [0.25, 0.3) is 5.91 Å². The Labute approximate surface area is 139 Å². The molecule has 3 rings (SSSR count). The summed E-state index contributed by atoms with van der Waals surface area (Å²) in [5.41, 5.74) is 1.32. The lowest BCUT2D eigenvalue weighted by Gasteiger charge is -2.19. The van der Waals surface area contributed by atoms with E-state index in [0.717, 1.165) is 11.3 Å². The minimum atomic E-state index is -0.251. The third-order valence-corrected chi connectivity index (χ3v) is 3.70. The Morgan fingerprint density at radius 2 is 1.96 bits per heavy atom. The van der Waals surface area contributed by atoms with Crippen molar-refractivity contribution in [3.63, 3.8) is 0 Å². The smallest absolute Gasteiger partial charge is 0.255 e. The molecule has 0 saturated heterocycles. The van der Waals surface area contributed by atoms with Gasteiger partial charge in [0.05, 0.1) is 12.7 Å². The van der Waals surface area contributed by atoms with E-state index >= 15 is 0 Å². The summed E-state index contributed by atoms with van der Waals surface area (Å²) < 4.78 is 16.2. The number of rotatable bonds is 4.